The smallest absolute Gasteiger partial charge is 0.0685 e. The summed E-state index contributed by atoms with van der Waals surface area (Å²) >= 11 is 0. The lowest BCUT2D eigenvalue weighted by Crippen LogP contribution is -1.88. The fraction of sp³-hybridized carbons (Fsp3) is 0.100. The summed E-state index contributed by atoms with van der Waals surface area (Å²) in [6, 6.07) is 6.17. The maximum atomic E-state index is 4.15. The molecule has 0 spiro atoms. The molecule has 0 saturated heterocycles. The summed E-state index contributed by atoms with van der Waals surface area (Å²) in [5, 5.41) is 5.32. The van der Waals surface area contributed by atoms with Gasteiger partial charge in [-0.25, -0.2) is 0 Å². The number of aryl methyl sites for hydroxylation is 1. The SMILES string of the molecule is C=Cc1ccc2cnn(C)c2c1. The zero-order chi connectivity index (χ0) is 8.55. The summed E-state index contributed by atoms with van der Waals surface area (Å²) < 4.78 is 1.86. The van der Waals surface area contributed by atoms with E-state index in [-0.39, 0.29) is 0 Å². The lowest BCUT2D eigenvalue weighted by atomic mass is 10.2. The van der Waals surface area contributed by atoms with Crippen LogP contribution in [0.4, 0.5) is 0 Å². The number of aromatic nitrogens is 2. The molecule has 1 aromatic heterocycles. The predicted molar refractivity (Wildman–Crippen MR) is 50.8 cm³/mol. The molecular formula is C10H10N2. The van der Waals surface area contributed by atoms with E-state index in [0.29, 0.717) is 0 Å². The Morgan fingerprint density at radius 2 is 2.33 bits per heavy atom. The topological polar surface area (TPSA) is 17.8 Å². The van der Waals surface area contributed by atoms with Crippen molar-refractivity contribution in [3.8, 4) is 0 Å². The molecule has 0 N–H and O–H groups in total. The van der Waals surface area contributed by atoms with Crippen LogP contribution in [0.1, 0.15) is 5.56 Å². The number of nitrogens with zero attached hydrogens (tertiary/aromatic N) is 2. The standard InChI is InChI=1S/C10H10N2/c1-3-8-4-5-9-7-11-12(2)10(9)6-8/h3-7H,1H2,2H3. The second-order valence-corrected chi connectivity index (χ2v) is 2.79. The van der Waals surface area contributed by atoms with Gasteiger partial charge in [0.1, 0.15) is 0 Å². The van der Waals surface area contributed by atoms with E-state index in [1.54, 1.807) is 0 Å². The van der Waals surface area contributed by atoms with E-state index in [2.05, 4.69) is 23.8 Å². The molecule has 0 amide bonds. The molecule has 2 rings (SSSR count). The number of benzene rings is 1. The Labute approximate surface area is 71.1 Å². The van der Waals surface area contributed by atoms with Crippen molar-refractivity contribution < 1.29 is 0 Å². The van der Waals surface area contributed by atoms with E-state index in [1.807, 2.05) is 30.1 Å². The van der Waals surface area contributed by atoms with E-state index in [1.165, 1.54) is 5.39 Å². The van der Waals surface area contributed by atoms with Crippen molar-refractivity contribution in [2.24, 2.45) is 7.05 Å². The molecule has 2 heteroatoms. The number of hydrogen-bond donors (Lipinski definition) is 0. The van der Waals surface area contributed by atoms with Gasteiger partial charge in [-0.05, 0) is 11.6 Å². The highest BCUT2D eigenvalue weighted by molar-refractivity contribution is 5.80. The van der Waals surface area contributed by atoms with E-state index >= 15 is 0 Å². The third kappa shape index (κ3) is 0.925. The Morgan fingerprint density at radius 3 is 3.08 bits per heavy atom. The maximum Gasteiger partial charge on any atom is 0.0685 e. The first-order valence-electron chi connectivity index (χ1n) is 3.85. The third-order valence-electron chi connectivity index (χ3n) is 2.01. The van der Waals surface area contributed by atoms with Crippen LogP contribution in [0.5, 0.6) is 0 Å². The van der Waals surface area contributed by atoms with Crippen molar-refractivity contribution in [2.75, 3.05) is 0 Å². The van der Waals surface area contributed by atoms with Gasteiger partial charge in [-0.2, -0.15) is 5.10 Å². The van der Waals surface area contributed by atoms with Crippen LogP contribution in [0, 0.1) is 0 Å². The molecule has 0 aliphatic heterocycles. The molecule has 12 heavy (non-hydrogen) atoms. The molecule has 0 atom stereocenters. The molecule has 0 aliphatic carbocycles. The molecule has 0 unspecified atom stereocenters. The average Bonchev–Trinajstić information content (AvgIpc) is 2.47. The Bertz CT molecular complexity index is 426. The highest BCUT2D eigenvalue weighted by Crippen LogP contribution is 2.14. The van der Waals surface area contributed by atoms with Crippen LogP contribution >= 0.6 is 0 Å². The van der Waals surface area contributed by atoms with Crippen molar-refractivity contribution in [2.45, 2.75) is 0 Å². The number of fused-ring (bicyclic) bond motifs is 1. The highest BCUT2D eigenvalue weighted by atomic mass is 15.2. The molecule has 2 aromatic rings. The largest absolute Gasteiger partial charge is 0.268 e. The van der Waals surface area contributed by atoms with Gasteiger partial charge in [0.05, 0.1) is 11.7 Å². The Kier molecular flexibility index (Phi) is 1.47. The van der Waals surface area contributed by atoms with Gasteiger partial charge < -0.3 is 0 Å². The van der Waals surface area contributed by atoms with Crippen LogP contribution in [0.25, 0.3) is 17.0 Å². The molecule has 60 valence electrons. The van der Waals surface area contributed by atoms with Crippen LogP contribution < -0.4 is 0 Å². The molecular weight excluding hydrogens is 148 g/mol. The first-order valence-corrected chi connectivity index (χ1v) is 3.85. The molecule has 1 aromatic carbocycles. The maximum absolute atomic E-state index is 4.15. The van der Waals surface area contributed by atoms with Crippen molar-refractivity contribution in [1.29, 1.82) is 0 Å². The fourth-order valence-corrected chi connectivity index (χ4v) is 1.29. The summed E-state index contributed by atoms with van der Waals surface area (Å²) in [5.74, 6) is 0. The van der Waals surface area contributed by atoms with Gasteiger partial charge in [-0.3, -0.25) is 4.68 Å². The van der Waals surface area contributed by atoms with Crippen LogP contribution in [0.15, 0.2) is 31.0 Å². The Balaban J connectivity index is 2.79. The molecule has 2 nitrogen and oxygen atoms in total. The summed E-state index contributed by atoms with van der Waals surface area (Å²) in [5.41, 5.74) is 2.28. The number of hydrogen-bond acceptors (Lipinski definition) is 1. The summed E-state index contributed by atoms with van der Waals surface area (Å²) in [6.45, 7) is 3.72. The van der Waals surface area contributed by atoms with Crippen LogP contribution in [0.3, 0.4) is 0 Å². The Morgan fingerprint density at radius 1 is 1.50 bits per heavy atom. The van der Waals surface area contributed by atoms with E-state index in [9.17, 15) is 0 Å². The minimum absolute atomic E-state index is 1.13. The van der Waals surface area contributed by atoms with Gasteiger partial charge in [0, 0.05) is 12.4 Å². The first kappa shape index (κ1) is 7.10. The lowest BCUT2D eigenvalue weighted by Gasteiger charge is -1.95. The van der Waals surface area contributed by atoms with Crippen molar-refractivity contribution >= 4 is 17.0 Å². The second kappa shape index (κ2) is 2.48. The molecule has 0 bridgehead atoms. The van der Waals surface area contributed by atoms with Crippen LogP contribution in [-0.4, -0.2) is 9.78 Å². The Hall–Kier alpha value is -1.57. The van der Waals surface area contributed by atoms with Crippen LogP contribution in [0.2, 0.25) is 0 Å². The molecule has 0 fully saturated rings. The summed E-state index contributed by atoms with van der Waals surface area (Å²) in [4.78, 5) is 0. The third-order valence-corrected chi connectivity index (χ3v) is 2.01. The van der Waals surface area contributed by atoms with Gasteiger partial charge in [0.15, 0.2) is 0 Å². The van der Waals surface area contributed by atoms with Crippen molar-refractivity contribution in [1.82, 2.24) is 9.78 Å². The predicted octanol–water partition coefficient (Wildman–Crippen LogP) is 2.22. The van der Waals surface area contributed by atoms with Gasteiger partial charge in [0.25, 0.3) is 0 Å². The normalized spacial score (nSPS) is 10.4. The van der Waals surface area contributed by atoms with Gasteiger partial charge in [0.2, 0.25) is 0 Å². The monoisotopic (exact) mass is 158 g/mol. The van der Waals surface area contributed by atoms with Gasteiger partial charge in [-0.1, -0.05) is 24.8 Å². The molecule has 1 heterocycles. The zero-order valence-corrected chi connectivity index (χ0v) is 6.99. The lowest BCUT2D eigenvalue weighted by molar-refractivity contribution is 0.797. The highest BCUT2D eigenvalue weighted by Gasteiger charge is 1.97. The van der Waals surface area contributed by atoms with E-state index in [0.717, 1.165) is 11.1 Å². The minimum Gasteiger partial charge on any atom is -0.268 e. The average molecular weight is 158 g/mol. The fourth-order valence-electron chi connectivity index (χ4n) is 1.29. The number of rotatable bonds is 1. The minimum atomic E-state index is 1.13. The van der Waals surface area contributed by atoms with Gasteiger partial charge in [-0.15, -0.1) is 0 Å². The summed E-state index contributed by atoms with van der Waals surface area (Å²) in [6.07, 6.45) is 3.70. The van der Waals surface area contributed by atoms with Crippen LogP contribution in [-0.2, 0) is 7.05 Å². The summed E-state index contributed by atoms with van der Waals surface area (Å²) in [7, 11) is 1.94. The second-order valence-electron chi connectivity index (χ2n) is 2.79. The first-order chi connectivity index (χ1) is 5.81. The molecule has 0 aliphatic rings. The molecule has 0 saturated carbocycles. The van der Waals surface area contributed by atoms with Gasteiger partial charge >= 0.3 is 0 Å². The molecule has 0 radical (unpaired) electrons. The van der Waals surface area contributed by atoms with E-state index < -0.39 is 0 Å². The van der Waals surface area contributed by atoms with Crippen molar-refractivity contribution in [3.05, 3.63) is 36.5 Å². The van der Waals surface area contributed by atoms with E-state index in [4.69, 9.17) is 0 Å². The quantitative estimate of drug-likeness (QED) is 0.622. The zero-order valence-electron chi connectivity index (χ0n) is 6.99. The van der Waals surface area contributed by atoms with Crippen molar-refractivity contribution in [3.63, 3.8) is 0 Å².